The van der Waals surface area contributed by atoms with Crippen LogP contribution in [-0.2, 0) is 20.7 Å². The minimum absolute atomic E-state index is 0.0803. The molecule has 136 valence electrons. The molecule has 1 aromatic rings. The van der Waals surface area contributed by atoms with E-state index in [2.05, 4.69) is 5.32 Å². The first-order valence-corrected chi connectivity index (χ1v) is 9.11. The number of piperazine rings is 1. The zero-order valence-electron chi connectivity index (χ0n) is 14.2. The molecular weight excluding hydrogens is 342 g/mol. The lowest BCUT2D eigenvalue weighted by molar-refractivity contribution is -0.139. The molecule has 1 N–H and O–H groups in total. The fraction of sp³-hybridized carbons (Fsp3) is 0.556. The van der Waals surface area contributed by atoms with Crippen molar-refractivity contribution in [2.24, 2.45) is 0 Å². The van der Waals surface area contributed by atoms with Crippen LogP contribution < -0.4 is 5.32 Å². The Kier molecular flexibility index (Phi) is 6.29. The number of hydrogen-bond acceptors (Lipinski definition) is 4. The summed E-state index contributed by atoms with van der Waals surface area (Å²) >= 11 is 5.96. The first kappa shape index (κ1) is 18.2. The fourth-order valence-corrected chi connectivity index (χ4v) is 3.44. The molecule has 0 spiro atoms. The van der Waals surface area contributed by atoms with Crippen molar-refractivity contribution in [2.45, 2.75) is 18.9 Å². The van der Waals surface area contributed by atoms with Gasteiger partial charge < -0.3 is 19.9 Å². The van der Waals surface area contributed by atoms with E-state index in [9.17, 15) is 9.59 Å². The Labute approximate surface area is 153 Å². The van der Waals surface area contributed by atoms with E-state index in [0.717, 1.165) is 12.1 Å². The maximum atomic E-state index is 12.4. The van der Waals surface area contributed by atoms with Gasteiger partial charge in [0, 0.05) is 50.2 Å². The summed E-state index contributed by atoms with van der Waals surface area (Å²) in [5.41, 5.74) is 0.916. The summed E-state index contributed by atoms with van der Waals surface area (Å²) < 4.78 is 5.39. The second-order valence-electron chi connectivity index (χ2n) is 6.50. The van der Waals surface area contributed by atoms with Crippen LogP contribution in [0.15, 0.2) is 24.3 Å². The number of amides is 2. The van der Waals surface area contributed by atoms with E-state index < -0.39 is 0 Å². The van der Waals surface area contributed by atoms with Gasteiger partial charge in [-0.2, -0.15) is 0 Å². The number of nitrogens with zero attached hydrogens (tertiary/aromatic N) is 2. The number of rotatable bonds is 4. The Balaban J connectivity index is 1.44. The minimum atomic E-state index is 0.0803. The predicted octanol–water partition coefficient (Wildman–Crippen LogP) is 0.932. The van der Waals surface area contributed by atoms with Crippen LogP contribution in [0.3, 0.4) is 0 Å². The van der Waals surface area contributed by atoms with Gasteiger partial charge in [-0.05, 0) is 17.7 Å². The van der Waals surface area contributed by atoms with E-state index in [1.807, 2.05) is 28.0 Å². The van der Waals surface area contributed by atoms with E-state index in [1.165, 1.54) is 0 Å². The SMILES string of the molecule is O=C(Cc1cccc(Cl)c1)N1CCN(C(=O)CC2COCCN2)CC1. The quantitative estimate of drug-likeness (QED) is 0.862. The zero-order chi connectivity index (χ0) is 17.6. The van der Waals surface area contributed by atoms with Crippen LogP contribution in [-0.4, -0.2) is 73.6 Å². The molecule has 0 radical (unpaired) electrons. The van der Waals surface area contributed by atoms with Gasteiger partial charge in [0.1, 0.15) is 0 Å². The van der Waals surface area contributed by atoms with Crippen molar-refractivity contribution in [1.29, 1.82) is 0 Å². The molecule has 2 amide bonds. The van der Waals surface area contributed by atoms with E-state index in [-0.39, 0.29) is 17.9 Å². The maximum absolute atomic E-state index is 12.4. The molecule has 2 aliphatic rings. The molecule has 0 aliphatic carbocycles. The Bertz CT molecular complexity index is 611. The molecule has 0 saturated carbocycles. The van der Waals surface area contributed by atoms with Crippen molar-refractivity contribution in [3.8, 4) is 0 Å². The van der Waals surface area contributed by atoms with Gasteiger partial charge in [-0.1, -0.05) is 23.7 Å². The Hall–Kier alpha value is -1.63. The third kappa shape index (κ3) is 5.17. The van der Waals surface area contributed by atoms with Gasteiger partial charge >= 0.3 is 0 Å². The molecule has 1 atom stereocenters. The lowest BCUT2D eigenvalue weighted by Gasteiger charge is -2.36. The minimum Gasteiger partial charge on any atom is -0.378 e. The summed E-state index contributed by atoms with van der Waals surface area (Å²) in [4.78, 5) is 28.5. The molecule has 25 heavy (non-hydrogen) atoms. The number of carbonyl (C=O) groups excluding carboxylic acids is 2. The summed E-state index contributed by atoms with van der Waals surface area (Å²) in [7, 11) is 0. The molecule has 7 heteroatoms. The highest BCUT2D eigenvalue weighted by atomic mass is 35.5. The van der Waals surface area contributed by atoms with Gasteiger partial charge in [0.25, 0.3) is 0 Å². The molecule has 0 bridgehead atoms. The molecule has 2 heterocycles. The molecule has 3 rings (SSSR count). The lowest BCUT2D eigenvalue weighted by Crippen LogP contribution is -2.52. The van der Waals surface area contributed by atoms with Crippen LogP contribution in [0.2, 0.25) is 5.02 Å². The summed E-state index contributed by atoms with van der Waals surface area (Å²) in [5, 5.41) is 3.94. The van der Waals surface area contributed by atoms with Crippen LogP contribution in [0.1, 0.15) is 12.0 Å². The largest absolute Gasteiger partial charge is 0.378 e. The average Bonchev–Trinajstić information content (AvgIpc) is 2.62. The fourth-order valence-electron chi connectivity index (χ4n) is 3.23. The van der Waals surface area contributed by atoms with Gasteiger partial charge in [-0.25, -0.2) is 0 Å². The van der Waals surface area contributed by atoms with Gasteiger partial charge in [-0.3, -0.25) is 9.59 Å². The molecule has 1 unspecified atom stereocenters. The Morgan fingerprint density at radius 2 is 1.88 bits per heavy atom. The van der Waals surface area contributed by atoms with Crippen LogP contribution in [0, 0.1) is 0 Å². The molecule has 2 saturated heterocycles. The third-order valence-corrected chi connectivity index (χ3v) is 4.88. The Morgan fingerprint density at radius 1 is 1.16 bits per heavy atom. The summed E-state index contributed by atoms with van der Waals surface area (Å²) in [5.74, 6) is 0.210. The van der Waals surface area contributed by atoms with Crippen molar-refractivity contribution in [2.75, 3.05) is 45.9 Å². The molecule has 0 aromatic heterocycles. The molecule has 2 aliphatic heterocycles. The van der Waals surface area contributed by atoms with Crippen molar-refractivity contribution >= 4 is 23.4 Å². The number of benzene rings is 1. The number of morpholine rings is 1. The monoisotopic (exact) mass is 365 g/mol. The highest BCUT2D eigenvalue weighted by molar-refractivity contribution is 6.30. The van der Waals surface area contributed by atoms with Crippen LogP contribution in [0.4, 0.5) is 0 Å². The Morgan fingerprint density at radius 3 is 2.52 bits per heavy atom. The predicted molar refractivity (Wildman–Crippen MR) is 95.5 cm³/mol. The van der Waals surface area contributed by atoms with Crippen molar-refractivity contribution in [1.82, 2.24) is 15.1 Å². The van der Waals surface area contributed by atoms with Gasteiger partial charge in [0.05, 0.1) is 19.6 Å². The van der Waals surface area contributed by atoms with E-state index in [1.54, 1.807) is 6.07 Å². The van der Waals surface area contributed by atoms with Gasteiger partial charge in [0.15, 0.2) is 0 Å². The van der Waals surface area contributed by atoms with Crippen molar-refractivity contribution in [3.05, 3.63) is 34.9 Å². The maximum Gasteiger partial charge on any atom is 0.227 e. The second kappa shape index (κ2) is 8.65. The summed E-state index contributed by atoms with van der Waals surface area (Å²) in [6.07, 6.45) is 0.800. The highest BCUT2D eigenvalue weighted by Crippen LogP contribution is 2.13. The normalized spacial score (nSPS) is 21.2. The standard InChI is InChI=1S/C18H24ClN3O3/c19-15-3-1-2-14(10-15)11-17(23)21-5-7-22(8-6-21)18(24)12-16-13-25-9-4-20-16/h1-3,10,16,20H,4-9,11-13H2. The van der Waals surface area contributed by atoms with Crippen LogP contribution >= 0.6 is 11.6 Å². The number of hydrogen-bond donors (Lipinski definition) is 1. The molecule has 1 aromatic carbocycles. The molecule has 2 fully saturated rings. The van der Waals surface area contributed by atoms with Crippen molar-refractivity contribution in [3.63, 3.8) is 0 Å². The summed E-state index contributed by atoms with van der Waals surface area (Å²) in [6.45, 7) is 4.44. The van der Waals surface area contributed by atoms with Gasteiger partial charge in [0.2, 0.25) is 11.8 Å². The number of ether oxygens (including phenoxy) is 1. The van der Waals surface area contributed by atoms with Crippen LogP contribution in [0.25, 0.3) is 0 Å². The van der Waals surface area contributed by atoms with E-state index >= 15 is 0 Å². The molecule has 6 nitrogen and oxygen atoms in total. The highest BCUT2D eigenvalue weighted by Gasteiger charge is 2.26. The summed E-state index contributed by atoms with van der Waals surface area (Å²) in [6, 6.07) is 7.47. The number of carbonyl (C=O) groups is 2. The van der Waals surface area contributed by atoms with E-state index in [0.29, 0.717) is 57.3 Å². The van der Waals surface area contributed by atoms with Crippen LogP contribution in [0.5, 0.6) is 0 Å². The third-order valence-electron chi connectivity index (χ3n) is 4.65. The first-order valence-electron chi connectivity index (χ1n) is 8.73. The number of nitrogens with one attached hydrogen (secondary N) is 1. The second-order valence-corrected chi connectivity index (χ2v) is 6.93. The number of halogens is 1. The topological polar surface area (TPSA) is 61.9 Å². The van der Waals surface area contributed by atoms with Gasteiger partial charge in [-0.15, -0.1) is 0 Å². The lowest BCUT2D eigenvalue weighted by atomic mass is 10.1. The average molecular weight is 366 g/mol. The zero-order valence-corrected chi connectivity index (χ0v) is 15.0. The van der Waals surface area contributed by atoms with Crippen molar-refractivity contribution < 1.29 is 14.3 Å². The molecular formula is C18H24ClN3O3. The smallest absolute Gasteiger partial charge is 0.227 e. The van der Waals surface area contributed by atoms with E-state index in [4.69, 9.17) is 16.3 Å². The first-order chi connectivity index (χ1) is 12.1.